The molecular weight excluding hydrogens is 357 g/mol. The first kappa shape index (κ1) is 20.2. The number of hydrogen-bond donors (Lipinski definition) is 0. The zero-order valence-corrected chi connectivity index (χ0v) is 10.8. The fourth-order valence-corrected chi connectivity index (χ4v) is 0.878. The Kier molecular flexibility index (Phi) is 5.87. The molecule has 0 aromatic carbocycles. The summed E-state index contributed by atoms with van der Waals surface area (Å²) in [5.74, 6) is -8.72. The Morgan fingerprint density at radius 3 is 1.38 bits per heavy atom. The zero-order valence-electron chi connectivity index (χ0n) is 10.8. The minimum Gasteiger partial charge on any atom is -0.414 e. The van der Waals surface area contributed by atoms with E-state index in [0.29, 0.717) is 0 Å². The number of carbonyl (C=O) groups excluding carboxylic acids is 1. The van der Waals surface area contributed by atoms with Crippen molar-refractivity contribution in [3.63, 3.8) is 0 Å². The summed E-state index contributed by atoms with van der Waals surface area (Å²) in [5, 5.41) is 51.7. The Morgan fingerprint density at radius 2 is 1.08 bits per heavy atom. The summed E-state index contributed by atoms with van der Waals surface area (Å²) in [6, 6.07) is 0. The highest BCUT2D eigenvalue weighted by Gasteiger charge is 2.72. The molecule has 0 aromatic rings. The fraction of sp³-hybridized carbons (Fsp3) is 0.800. The van der Waals surface area contributed by atoms with E-state index in [-0.39, 0.29) is 0 Å². The van der Waals surface area contributed by atoms with E-state index in [2.05, 4.69) is 9.47 Å². The molecule has 0 aliphatic rings. The second-order valence-electron chi connectivity index (χ2n) is 3.61. The molecule has 0 spiro atoms. The monoisotopic (exact) mass is 361 g/mol. The third-order valence-electron chi connectivity index (χ3n) is 2.19. The van der Waals surface area contributed by atoms with Gasteiger partial charge in [-0.15, -0.1) is 0 Å². The van der Waals surface area contributed by atoms with Gasteiger partial charge in [0, 0.05) is 0 Å². The highest BCUT2D eigenvalue weighted by molar-refractivity contribution is 5.59. The Hall–Kier alpha value is -3.80. The maximum Gasteiger partial charge on any atom is 0.734 e. The molecule has 0 saturated carbocycles. The summed E-state index contributed by atoms with van der Waals surface area (Å²) in [6.07, 6.45) is -2.30. The number of carbonyl (C=O) groups is 1. The minimum absolute atomic E-state index is 2.02. The van der Waals surface area contributed by atoms with Crippen LogP contribution in [0.2, 0.25) is 0 Å². The number of nitro groups is 5. The van der Waals surface area contributed by atoms with E-state index in [1.807, 2.05) is 0 Å². The van der Waals surface area contributed by atoms with Crippen molar-refractivity contribution in [3.05, 3.63) is 50.6 Å². The van der Waals surface area contributed by atoms with Crippen molar-refractivity contribution < 1.29 is 43.3 Å². The largest absolute Gasteiger partial charge is 0.734 e. The van der Waals surface area contributed by atoms with Crippen molar-refractivity contribution >= 4 is 6.16 Å². The summed E-state index contributed by atoms with van der Waals surface area (Å²) in [7, 11) is 0. The molecular formula is C5H4FN5O13. The van der Waals surface area contributed by atoms with E-state index in [9.17, 15) is 59.8 Å². The van der Waals surface area contributed by atoms with Gasteiger partial charge < -0.3 is 9.47 Å². The predicted molar refractivity (Wildman–Crippen MR) is 58.8 cm³/mol. The van der Waals surface area contributed by atoms with Crippen LogP contribution in [0.3, 0.4) is 0 Å². The Morgan fingerprint density at radius 1 is 0.750 bits per heavy atom. The number of halogens is 1. The molecule has 0 saturated heterocycles. The molecule has 18 nitrogen and oxygen atoms in total. The van der Waals surface area contributed by atoms with Gasteiger partial charge in [0.1, 0.15) is 9.85 Å². The lowest BCUT2D eigenvalue weighted by molar-refractivity contribution is -0.970. The normalized spacial score (nSPS) is 11.2. The Labute approximate surface area is 126 Å². The van der Waals surface area contributed by atoms with E-state index in [1.165, 1.54) is 0 Å². The number of ether oxygens (including phenoxy) is 2. The van der Waals surface area contributed by atoms with Crippen LogP contribution >= 0.6 is 0 Å². The molecule has 0 unspecified atom stereocenters. The Bertz CT molecular complexity index is 554. The molecule has 0 aliphatic carbocycles. The first-order valence-electron chi connectivity index (χ1n) is 5.03. The quantitative estimate of drug-likeness (QED) is 0.154. The SMILES string of the molecule is O=C(OCC(F)([N+](=O)[O-])[N+](=O)[O-])OCC([N+](=O)[O-])([N+](=O)[O-])[N+](=O)[O-]. The maximum atomic E-state index is 13.2. The molecule has 0 fully saturated rings. The van der Waals surface area contributed by atoms with E-state index >= 15 is 0 Å². The van der Waals surface area contributed by atoms with Crippen LogP contribution in [-0.2, 0) is 9.47 Å². The summed E-state index contributed by atoms with van der Waals surface area (Å²) in [6.45, 7) is -4.32. The molecule has 0 N–H and O–H groups in total. The highest BCUT2D eigenvalue weighted by atomic mass is 19.2. The molecule has 0 rings (SSSR count). The van der Waals surface area contributed by atoms with Crippen LogP contribution in [0.5, 0.6) is 0 Å². The number of nitrogens with zero attached hydrogens (tertiary/aromatic N) is 5. The van der Waals surface area contributed by atoms with Crippen molar-refractivity contribution in [2.45, 2.75) is 11.7 Å². The lowest BCUT2D eigenvalue weighted by Gasteiger charge is -2.10. The standard InChI is InChI=1S/C5H4FN5O13/c6-4(7(13)14,8(15)16)1-23-3(12)24-2-5(9(17)18,10(19)20)11(21)22/h1-2H2. The van der Waals surface area contributed by atoms with Gasteiger partial charge >= 0.3 is 24.5 Å². The molecule has 0 bridgehead atoms. The van der Waals surface area contributed by atoms with Crippen LogP contribution in [0.25, 0.3) is 0 Å². The first-order chi connectivity index (χ1) is 10.8. The van der Waals surface area contributed by atoms with Gasteiger partial charge in [0.05, 0.1) is 0 Å². The lowest BCUT2D eigenvalue weighted by atomic mass is 10.4. The molecule has 19 heteroatoms. The van der Waals surface area contributed by atoms with Gasteiger partial charge in [-0.05, 0) is 0 Å². The third kappa shape index (κ3) is 3.69. The Balaban J connectivity index is 5.05. The van der Waals surface area contributed by atoms with E-state index < -0.39 is 55.7 Å². The van der Waals surface area contributed by atoms with Crippen LogP contribution < -0.4 is 0 Å². The van der Waals surface area contributed by atoms with Gasteiger partial charge in [-0.3, -0.25) is 50.6 Å². The van der Waals surface area contributed by atoms with Gasteiger partial charge in [-0.2, -0.15) is 0 Å². The van der Waals surface area contributed by atoms with Crippen molar-refractivity contribution in [1.29, 1.82) is 0 Å². The molecule has 24 heavy (non-hydrogen) atoms. The topological polar surface area (TPSA) is 251 Å². The zero-order chi connectivity index (χ0) is 19.3. The number of hydrogen-bond acceptors (Lipinski definition) is 13. The summed E-state index contributed by atoms with van der Waals surface area (Å²) < 4.78 is 20.4. The van der Waals surface area contributed by atoms with Crippen molar-refractivity contribution in [2.24, 2.45) is 0 Å². The van der Waals surface area contributed by atoms with E-state index in [4.69, 9.17) is 0 Å². The lowest BCUT2D eigenvalue weighted by Crippen LogP contribution is -2.57. The van der Waals surface area contributed by atoms with Crippen LogP contribution in [0.4, 0.5) is 9.18 Å². The fourth-order valence-electron chi connectivity index (χ4n) is 0.878. The highest BCUT2D eigenvalue weighted by Crippen LogP contribution is 2.16. The van der Waals surface area contributed by atoms with Crippen LogP contribution in [0.1, 0.15) is 0 Å². The summed E-state index contributed by atoms with van der Waals surface area (Å²) >= 11 is 0. The van der Waals surface area contributed by atoms with Crippen LogP contribution in [-0.4, -0.2) is 55.7 Å². The molecule has 0 aliphatic heterocycles. The maximum absolute atomic E-state index is 13.2. The smallest absolute Gasteiger partial charge is 0.414 e. The van der Waals surface area contributed by atoms with Gasteiger partial charge in [-0.25, -0.2) is 4.79 Å². The minimum atomic E-state index is -4.49. The van der Waals surface area contributed by atoms with E-state index in [1.54, 1.807) is 0 Å². The second-order valence-corrected chi connectivity index (χ2v) is 3.61. The molecule has 0 aromatic heterocycles. The molecule has 134 valence electrons. The van der Waals surface area contributed by atoms with Crippen molar-refractivity contribution in [1.82, 2.24) is 0 Å². The van der Waals surface area contributed by atoms with Crippen molar-refractivity contribution in [2.75, 3.05) is 13.2 Å². The summed E-state index contributed by atoms with van der Waals surface area (Å²) in [5.41, 5.74) is 0. The third-order valence-corrected chi connectivity index (χ3v) is 2.19. The average Bonchev–Trinajstić information content (AvgIpc) is 2.43. The van der Waals surface area contributed by atoms with Crippen LogP contribution in [0.15, 0.2) is 0 Å². The molecule has 0 amide bonds. The molecule has 0 atom stereocenters. The number of rotatable bonds is 9. The van der Waals surface area contributed by atoms with E-state index in [0.717, 1.165) is 0 Å². The second kappa shape index (κ2) is 6.97. The van der Waals surface area contributed by atoms with Crippen molar-refractivity contribution in [3.8, 4) is 0 Å². The first-order valence-corrected chi connectivity index (χ1v) is 5.03. The predicted octanol–water partition coefficient (Wildman–Crippen LogP) is -1.20. The molecule has 0 heterocycles. The molecule has 0 radical (unpaired) electrons. The van der Waals surface area contributed by atoms with Gasteiger partial charge in [-0.1, -0.05) is 4.39 Å². The number of alkyl halides is 1. The summed E-state index contributed by atoms with van der Waals surface area (Å²) in [4.78, 5) is 52.4. The van der Waals surface area contributed by atoms with Gasteiger partial charge in [0.2, 0.25) is 0 Å². The van der Waals surface area contributed by atoms with Gasteiger partial charge in [0.25, 0.3) is 6.61 Å². The van der Waals surface area contributed by atoms with Gasteiger partial charge in [0.15, 0.2) is 14.8 Å². The average molecular weight is 361 g/mol. The van der Waals surface area contributed by atoms with Crippen LogP contribution in [0, 0.1) is 50.6 Å².